The summed E-state index contributed by atoms with van der Waals surface area (Å²) in [5, 5.41) is 6.17. The van der Waals surface area contributed by atoms with E-state index in [0.717, 1.165) is 23.4 Å². The molecule has 1 aliphatic rings. The van der Waals surface area contributed by atoms with E-state index in [9.17, 15) is 13.2 Å². The van der Waals surface area contributed by atoms with E-state index in [-0.39, 0.29) is 5.11 Å². The summed E-state index contributed by atoms with van der Waals surface area (Å²) < 4.78 is 44.8. The Bertz CT molecular complexity index is 820. The fourth-order valence-electron chi connectivity index (χ4n) is 2.90. The first-order valence-corrected chi connectivity index (χ1v) is 8.92. The van der Waals surface area contributed by atoms with Crippen LogP contribution < -0.4 is 15.5 Å². The number of ether oxygens (including phenoxy) is 1. The number of nitrogens with one attached hydrogen (secondary N) is 2. The number of aryl methyl sites for hydroxylation is 1. The molecular weight excluding hydrogens is 375 g/mol. The van der Waals surface area contributed by atoms with Crippen molar-refractivity contribution in [1.82, 2.24) is 0 Å². The summed E-state index contributed by atoms with van der Waals surface area (Å²) in [7, 11) is 0. The third kappa shape index (κ3) is 5.11. The van der Waals surface area contributed by atoms with Crippen LogP contribution in [0.5, 0.6) is 0 Å². The molecule has 2 aromatic rings. The highest BCUT2D eigenvalue weighted by molar-refractivity contribution is 7.80. The monoisotopic (exact) mass is 395 g/mol. The standard InChI is InChI=1S/C19H20F3N3OS/c1-13-3-2-4-15(11-13)23-18(27)24-16-12-14(19(20,21)22)5-6-17(16)25-7-9-26-10-8-25/h2-6,11-12H,7-10H2,1H3,(H2,23,24,27). The molecule has 0 bridgehead atoms. The Morgan fingerprint density at radius 1 is 1.07 bits per heavy atom. The third-order valence-corrected chi connectivity index (χ3v) is 4.40. The summed E-state index contributed by atoms with van der Waals surface area (Å²) in [4.78, 5) is 1.99. The van der Waals surface area contributed by atoms with E-state index in [0.29, 0.717) is 37.7 Å². The number of halogens is 3. The van der Waals surface area contributed by atoms with Crippen molar-refractivity contribution in [2.45, 2.75) is 13.1 Å². The van der Waals surface area contributed by atoms with Crippen molar-refractivity contribution in [2.75, 3.05) is 41.8 Å². The van der Waals surface area contributed by atoms with Gasteiger partial charge in [0.2, 0.25) is 0 Å². The van der Waals surface area contributed by atoms with Crippen molar-refractivity contribution >= 4 is 34.4 Å². The SMILES string of the molecule is Cc1cccc(NC(=S)Nc2cc(C(F)(F)F)ccc2N2CCOCC2)c1. The van der Waals surface area contributed by atoms with Gasteiger partial charge in [0.25, 0.3) is 0 Å². The van der Waals surface area contributed by atoms with Crippen molar-refractivity contribution in [2.24, 2.45) is 0 Å². The Labute approximate surface area is 161 Å². The predicted octanol–water partition coefficient (Wildman–Crippen LogP) is 4.66. The van der Waals surface area contributed by atoms with Gasteiger partial charge in [-0.2, -0.15) is 13.2 Å². The zero-order chi connectivity index (χ0) is 19.4. The van der Waals surface area contributed by atoms with Crippen LogP contribution >= 0.6 is 12.2 Å². The zero-order valence-electron chi connectivity index (χ0n) is 14.8. The number of hydrogen-bond donors (Lipinski definition) is 2. The number of morpholine rings is 1. The van der Waals surface area contributed by atoms with E-state index >= 15 is 0 Å². The molecular formula is C19H20F3N3OS. The number of nitrogens with zero attached hydrogens (tertiary/aromatic N) is 1. The highest BCUT2D eigenvalue weighted by Gasteiger charge is 2.31. The van der Waals surface area contributed by atoms with Gasteiger partial charge < -0.3 is 20.3 Å². The molecule has 8 heteroatoms. The van der Waals surface area contributed by atoms with Crippen LogP contribution in [0.3, 0.4) is 0 Å². The third-order valence-electron chi connectivity index (χ3n) is 4.20. The Morgan fingerprint density at radius 2 is 1.81 bits per heavy atom. The van der Waals surface area contributed by atoms with Crippen molar-refractivity contribution in [3.63, 3.8) is 0 Å². The summed E-state index contributed by atoms with van der Waals surface area (Å²) in [5.41, 5.74) is 2.08. The Balaban J connectivity index is 1.85. The van der Waals surface area contributed by atoms with Crippen molar-refractivity contribution in [3.8, 4) is 0 Å². The fraction of sp³-hybridized carbons (Fsp3) is 0.316. The summed E-state index contributed by atoms with van der Waals surface area (Å²) >= 11 is 5.31. The second kappa shape index (κ2) is 8.14. The van der Waals surface area contributed by atoms with Gasteiger partial charge in [-0.25, -0.2) is 0 Å². The summed E-state index contributed by atoms with van der Waals surface area (Å²) in [6.07, 6.45) is -4.43. The molecule has 0 aromatic heterocycles. The van der Waals surface area contributed by atoms with Crippen LogP contribution in [0.4, 0.5) is 30.2 Å². The number of alkyl halides is 3. The predicted molar refractivity (Wildman–Crippen MR) is 105 cm³/mol. The highest BCUT2D eigenvalue weighted by atomic mass is 32.1. The fourth-order valence-corrected chi connectivity index (χ4v) is 3.13. The van der Waals surface area contributed by atoms with Crippen molar-refractivity contribution in [3.05, 3.63) is 53.6 Å². The van der Waals surface area contributed by atoms with Crippen LogP contribution in [0.2, 0.25) is 0 Å². The molecule has 0 spiro atoms. The van der Waals surface area contributed by atoms with E-state index in [1.165, 1.54) is 6.07 Å². The summed E-state index contributed by atoms with van der Waals surface area (Å²) in [6.45, 7) is 4.24. The van der Waals surface area contributed by atoms with Crippen molar-refractivity contribution < 1.29 is 17.9 Å². The molecule has 0 unspecified atom stereocenters. The molecule has 0 atom stereocenters. The van der Waals surface area contributed by atoms with Crippen LogP contribution in [0.1, 0.15) is 11.1 Å². The molecule has 1 aliphatic heterocycles. The minimum absolute atomic E-state index is 0.231. The number of rotatable bonds is 3. The van der Waals surface area contributed by atoms with E-state index < -0.39 is 11.7 Å². The van der Waals surface area contributed by atoms with Gasteiger partial charge in [-0.1, -0.05) is 12.1 Å². The molecule has 27 heavy (non-hydrogen) atoms. The molecule has 2 aromatic carbocycles. The van der Waals surface area contributed by atoms with Crippen LogP contribution in [0.25, 0.3) is 0 Å². The molecule has 1 heterocycles. The molecule has 1 fully saturated rings. The number of benzene rings is 2. The lowest BCUT2D eigenvalue weighted by Gasteiger charge is -2.31. The molecule has 2 N–H and O–H groups in total. The van der Waals surface area contributed by atoms with Crippen LogP contribution in [-0.2, 0) is 10.9 Å². The Hall–Kier alpha value is -2.32. The average molecular weight is 395 g/mol. The normalized spacial score (nSPS) is 14.7. The van der Waals surface area contributed by atoms with Gasteiger partial charge in [0, 0.05) is 18.8 Å². The molecule has 0 amide bonds. The van der Waals surface area contributed by atoms with E-state index in [2.05, 4.69) is 10.6 Å². The van der Waals surface area contributed by atoms with E-state index in [1.54, 1.807) is 0 Å². The van der Waals surface area contributed by atoms with Crippen LogP contribution in [0.15, 0.2) is 42.5 Å². The maximum atomic E-state index is 13.2. The number of hydrogen-bond acceptors (Lipinski definition) is 3. The maximum absolute atomic E-state index is 13.2. The Morgan fingerprint density at radius 3 is 2.48 bits per heavy atom. The van der Waals surface area contributed by atoms with Crippen molar-refractivity contribution in [1.29, 1.82) is 0 Å². The van der Waals surface area contributed by atoms with Gasteiger partial charge >= 0.3 is 6.18 Å². The van der Waals surface area contributed by atoms with E-state index in [1.807, 2.05) is 36.1 Å². The van der Waals surface area contributed by atoms with Crippen LogP contribution in [0, 0.1) is 6.92 Å². The van der Waals surface area contributed by atoms with Gasteiger partial charge in [0.1, 0.15) is 0 Å². The first-order chi connectivity index (χ1) is 12.8. The molecule has 4 nitrogen and oxygen atoms in total. The first-order valence-electron chi connectivity index (χ1n) is 8.51. The van der Waals surface area contributed by atoms with Gasteiger partial charge in [-0.05, 0) is 55.0 Å². The highest BCUT2D eigenvalue weighted by Crippen LogP contribution is 2.35. The van der Waals surface area contributed by atoms with Gasteiger partial charge in [-0.3, -0.25) is 0 Å². The first kappa shape index (κ1) is 19.4. The largest absolute Gasteiger partial charge is 0.416 e. The smallest absolute Gasteiger partial charge is 0.378 e. The summed E-state index contributed by atoms with van der Waals surface area (Å²) in [5.74, 6) is 0. The maximum Gasteiger partial charge on any atom is 0.416 e. The minimum atomic E-state index is -4.43. The Kier molecular flexibility index (Phi) is 5.86. The second-order valence-electron chi connectivity index (χ2n) is 6.28. The lowest BCUT2D eigenvalue weighted by atomic mass is 10.1. The van der Waals surface area contributed by atoms with Gasteiger partial charge in [0.15, 0.2) is 5.11 Å². The minimum Gasteiger partial charge on any atom is -0.378 e. The van der Waals surface area contributed by atoms with Gasteiger partial charge in [-0.15, -0.1) is 0 Å². The van der Waals surface area contributed by atoms with Crippen LogP contribution in [-0.4, -0.2) is 31.4 Å². The number of thiocarbonyl (C=S) groups is 1. The molecule has 3 rings (SSSR count). The molecule has 144 valence electrons. The molecule has 0 aliphatic carbocycles. The summed E-state index contributed by atoms with van der Waals surface area (Å²) in [6, 6.07) is 11.2. The molecule has 0 radical (unpaired) electrons. The van der Waals surface area contributed by atoms with Gasteiger partial charge in [0.05, 0.1) is 30.2 Å². The van der Waals surface area contributed by atoms with E-state index in [4.69, 9.17) is 17.0 Å². The zero-order valence-corrected chi connectivity index (χ0v) is 15.6. The molecule has 1 saturated heterocycles. The number of anilines is 3. The molecule has 0 saturated carbocycles. The lowest BCUT2D eigenvalue weighted by Crippen LogP contribution is -2.37. The average Bonchev–Trinajstić information content (AvgIpc) is 2.61. The quantitative estimate of drug-likeness (QED) is 0.740. The lowest BCUT2D eigenvalue weighted by molar-refractivity contribution is -0.137. The topological polar surface area (TPSA) is 36.5 Å². The second-order valence-corrected chi connectivity index (χ2v) is 6.69.